The smallest absolute Gasteiger partial charge is 0.161 e. The van der Waals surface area contributed by atoms with Crippen molar-refractivity contribution in [2.45, 2.75) is 31.9 Å². The summed E-state index contributed by atoms with van der Waals surface area (Å²) in [4.78, 5) is 0. The Kier molecular flexibility index (Phi) is 6.15. The van der Waals surface area contributed by atoms with Crippen molar-refractivity contribution < 1.29 is 17.9 Å². The lowest BCUT2D eigenvalue weighted by molar-refractivity contribution is 0.311. The molecule has 0 aromatic heterocycles. The van der Waals surface area contributed by atoms with Gasteiger partial charge in [-0.05, 0) is 25.0 Å². The fourth-order valence-corrected chi connectivity index (χ4v) is 3.63. The van der Waals surface area contributed by atoms with Gasteiger partial charge in [-0.3, -0.25) is 0 Å². The third-order valence-corrected chi connectivity index (χ3v) is 5.53. The van der Waals surface area contributed by atoms with E-state index < -0.39 is 9.84 Å². The Balaban J connectivity index is 2.59. The highest BCUT2D eigenvalue weighted by Gasteiger charge is 2.21. The first kappa shape index (κ1) is 15.8. The van der Waals surface area contributed by atoms with E-state index >= 15 is 0 Å². The van der Waals surface area contributed by atoms with Crippen LogP contribution >= 0.6 is 0 Å². The maximum absolute atomic E-state index is 12.0. The van der Waals surface area contributed by atoms with Gasteiger partial charge in [0, 0.05) is 0 Å². The molecule has 4 nitrogen and oxygen atoms in total. The van der Waals surface area contributed by atoms with Crippen LogP contribution in [0.2, 0.25) is 0 Å². The van der Waals surface area contributed by atoms with Gasteiger partial charge in [0.05, 0.1) is 18.1 Å². The van der Waals surface area contributed by atoms with Gasteiger partial charge in [-0.1, -0.05) is 26.0 Å². The van der Waals surface area contributed by atoms with Crippen molar-refractivity contribution in [3.63, 3.8) is 0 Å². The molecule has 5 heteroatoms. The number of methoxy groups -OCH3 is 1. The lowest BCUT2D eigenvalue weighted by Gasteiger charge is -2.15. The summed E-state index contributed by atoms with van der Waals surface area (Å²) in [6.07, 6.45) is 1.29. The summed E-state index contributed by atoms with van der Waals surface area (Å²) in [7, 11) is -1.52. The van der Waals surface area contributed by atoms with Crippen molar-refractivity contribution in [1.29, 1.82) is 0 Å². The van der Waals surface area contributed by atoms with E-state index in [0.717, 1.165) is 0 Å². The third-order valence-electron chi connectivity index (χ3n) is 3.11. The first-order valence-corrected chi connectivity index (χ1v) is 8.24. The minimum atomic E-state index is -3.08. The molecule has 0 saturated carbocycles. The van der Waals surface area contributed by atoms with Crippen LogP contribution in [0, 0.1) is 0 Å². The molecule has 0 fully saturated rings. The van der Waals surface area contributed by atoms with Crippen molar-refractivity contribution in [3.05, 3.63) is 24.3 Å². The molecule has 0 unspecified atom stereocenters. The Bertz CT molecular complexity index is 478. The van der Waals surface area contributed by atoms with E-state index in [4.69, 9.17) is 9.47 Å². The third kappa shape index (κ3) is 4.42. The normalized spacial score (nSPS) is 11.6. The molecule has 0 radical (unpaired) electrons. The van der Waals surface area contributed by atoms with Crippen LogP contribution in [0.1, 0.15) is 26.7 Å². The fraction of sp³-hybridized carbons (Fsp3) is 0.571. The van der Waals surface area contributed by atoms with Crippen molar-refractivity contribution in [2.24, 2.45) is 0 Å². The molecule has 0 aliphatic rings. The highest BCUT2D eigenvalue weighted by Crippen LogP contribution is 2.25. The van der Waals surface area contributed by atoms with E-state index in [9.17, 15) is 8.42 Å². The summed E-state index contributed by atoms with van der Waals surface area (Å²) in [5.74, 6) is 1.23. The first-order chi connectivity index (χ1) is 9.05. The molecule has 0 aliphatic carbocycles. The largest absolute Gasteiger partial charge is 0.493 e. The Labute approximate surface area is 115 Å². The lowest BCUT2D eigenvalue weighted by atomic mass is 10.3. The topological polar surface area (TPSA) is 52.6 Å². The van der Waals surface area contributed by atoms with Gasteiger partial charge in [-0.15, -0.1) is 0 Å². The van der Waals surface area contributed by atoms with Crippen LogP contribution in [0.5, 0.6) is 11.5 Å². The maximum Gasteiger partial charge on any atom is 0.161 e. The van der Waals surface area contributed by atoms with Gasteiger partial charge in [0.1, 0.15) is 6.61 Å². The highest BCUT2D eigenvalue weighted by molar-refractivity contribution is 7.92. The van der Waals surface area contributed by atoms with E-state index in [1.54, 1.807) is 19.2 Å². The first-order valence-electron chi connectivity index (χ1n) is 6.52. The predicted octanol–water partition coefficient (Wildman–Crippen LogP) is 2.68. The Morgan fingerprint density at radius 2 is 1.68 bits per heavy atom. The second kappa shape index (κ2) is 7.38. The summed E-state index contributed by atoms with van der Waals surface area (Å²) < 4.78 is 34.7. The average Bonchev–Trinajstić information content (AvgIpc) is 2.40. The quantitative estimate of drug-likeness (QED) is 0.737. The van der Waals surface area contributed by atoms with E-state index in [0.29, 0.717) is 24.3 Å². The molecule has 1 rings (SSSR count). The molecule has 0 spiro atoms. The summed E-state index contributed by atoms with van der Waals surface area (Å²) >= 11 is 0. The molecule has 0 N–H and O–H groups in total. The Morgan fingerprint density at radius 3 is 2.21 bits per heavy atom. The van der Waals surface area contributed by atoms with E-state index in [1.165, 1.54) is 0 Å². The molecule has 0 heterocycles. The van der Waals surface area contributed by atoms with Crippen LogP contribution in [0.4, 0.5) is 0 Å². The Hall–Kier alpha value is -1.23. The van der Waals surface area contributed by atoms with Crippen molar-refractivity contribution >= 4 is 9.84 Å². The van der Waals surface area contributed by atoms with Crippen molar-refractivity contribution in [2.75, 3.05) is 19.5 Å². The summed E-state index contributed by atoms with van der Waals surface area (Å²) in [5, 5.41) is -0.270. The lowest BCUT2D eigenvalue weighted by Crippen LogP contribution is -2.25. The van der Waals surface area contributed by atoms with Gasteiger partial charge in [-0.25, -0.2) is 8.42 Å². The zero-order valence-electron chi connectivity index (χ0n) is 11.8. The monoisotopic (exact) mass is 286 g/mol. The SMILES string of the molecule is CCC(CC)S(=O)(=O)CCOc1ccccc1OC. The summed E-state index contributed by atoms with van der Waals surface area (Å²) in [6.45, 7) is 3.94. The van der Waals surface area contributed by atoms with Gasteiger partial charge < -0.3 is 9.47 Å². The van der Waals surface area contributed by atoms with Crippen LogP contribution in [0.25, 0.3) is 0 Å². The van der Waals surface area contributed by atoms with Gasteiger partial charge in [0.15, 0.2) is 21.3 Å². The van der Waals surface area contributed by atoms with Crippen LogP contribution in [-0.4, -0.2) is 33.1 Å². The standard InChI is InChI=1S/C14H22O4S/c1-4-12(5-2)19(15,16)11-10-18-14-9-7-6-8-13(14)17-3/h6-9,12H,4-5,10-11H2,1-3H3. The van der Waals surface area contributed by atoms with E-state index in [-0.39, 0.29) is 17.6 Å². The van der Waals surface area contributed by atoms with Crippen LogP contribution < -0.4 is 9.47 Å². The molecule has 1 aromatic rings. The van der Waals surface area contributed by atoms with Crippen molar-refractivity contribution in [1.82, 2.24) is 0 Å². The molecule has 0 aliphatic heterocycles. The van der Waals surface area contributed by atoms with E-state index in [2.05, 4.69) is 0 Å². The number of ether oxygens (including phenoxy) is 2. The summed E-state index contributed by atoms with van der Waals surface area (Å²) in [6, 6.07) is 7.22. The predicted molar refractivity (Wildman–Crippen MR) is 76.6 cm³/mol. The minimum absolute atomic E-state index is 0.0391. The second-order valence-electron chi connectivity index (χ2n) is 4.30. The van der Waals surface area contributed by atoms with Crippen LogP contribution in [0.3, 0.4) is 0 Å². The van der Waals surface area contributed by atoms with E-state index in [1.807, 2.05) is 26.0 Å². The minimum Gasteiger partial charge on any atom is -0.493 e. The van der Waals surface area contributed by atoms with Gasteiger partial charge in [0.25, 0.3) is 0 Å². The second-order valence-corrected chi connectivity index (χ2v) is 6.71. The maximum atomic E-state index is 12.0. The molecule has 0 amide bonds. The molecule has 0 saturated heterocycles. The van der Waals surface area contributed by atoms with Crippen LogP contribution in [0.15, 0.2) is 24.3 Å². The molecular formula is C14H22O4S. The number of hydrogen-bond donors (Lipinski definition) is 0. The number of benzene rings is 1. The van der Waals surface area contributed by atoms with Gasteiger partial charge in [0.2, 0.25) is 0 Å². The number of hydrogen-bond acceptors (Lipinski definition) is 4. The Morgan fingerprint density at radius 1 is 1.11 bits per heavy atom. The fourth-order valence-electron chi connectivity index (χ4n) is 1.97. The number of sulfone groups is 1. The molecule has 0 atom stereocenters. The summed E-state index contributed by atoms with van der Waals surface area (Å²) in [5.41, 5.74) is 0. The number of rotatable bonds is 8. The van der Waals surface area contributed by atoms with Crippen molar-refractivity contribution in [3.8, 4) is 11.5 Å². The molecule has 108 valence electrons. The highest BCUT2D eigenvalue weighted by atomic mass is 32.2. The molecule has 1 aromatic carbocycles. The van der Waals surface area contributed by atoms with Gasteiger partial charge >= 0.3 is 0 Å². The molecular weight excluding hydrogens is 264 g/mol. The average molecular weight is 286 g/mol. The zero-order valence-corrected chi connectivity index (χ0v) is 12.6. The molecule has 19 heavy (non-hydrogen) atoms. The van der Waals surface area contributed by atoms with Crippen LogP contribution in [-0.2, 0) is 9.84 Å². The van der Waals surface area contributed by atoms with Gasteiger partial charge in [-0.2, -0.15) is 0 Å². The zero-order chi connectivity index (χ0) is 14.3. The molecule has 0 bridgehead atoms. The number of para-hydroxylation sites is 2.